The van der Waals surface area contributed by atoms with E-state index in [0.29, 0.717) is 6.54 Å². The lowest BCUT2D eigenvalue weighted by atomic mass is 10.2. The summed E-state index contributed by atoms with van der Waals surface area (Å²) in [7, 11) is -2.50. The van der Waals surface area contributed by atoms with Gasteiger partial charge in [0.2, 0.25) is 10.0 Å². The monoisotopic (exact) mass is 434 g/mol. The Labute approximate surface area is 176 Å². The van der Waals surface area contributed by atoms with Crippen molar-refractivity contribution in [2.75, 3.05) is 13.7 Å². The Hall–Kier alpha value is -2.75. The number of sulfonamides is 1. The van der Waals surface area contributed by atoms with Gasteiger partial charge in [-0.1, -0.05) is 48.0 Å². The summed E-state index contributed by atoms with van der Waals surface area (Å²) in [6, 6.07) is 13.7. The van der Waals surface area contributed by atoms with Crippen molar-refractivity contribution in [3.05, 3.63) is 65.7 Å². The molecule has 162 valence electrons. The van der Waals surface area contributed by atoms with E-state index >= 15 is 0 Å². The van der Waals surface area contributed by atoms with E-state index < -0.39 is 40.7 Å². The zero-order chi connectivity index (χ0) is 22.3. The third-order valence-corrected chi connectivity index (χ3v) is 5.83. The fraction of sp³-hybridized carbons (Fsp3) is 0.333. The van der Waals surface area contributed by atoms with Crippen LogP contribution >= 0.6 is 0 Å². The number of esters is 1. The van der Waals surface area contributed by atoms with Crippen LogP contribution in [0.4, 0.5) is 0 Å². The van der Waals surface area contributed by atoms with Gasteiger partial charge in [-0.05, 0) is 31.5 Å². The summed E-state index contributed by atoms with van der Waals surface area (Å²) < 4.78 is 32.1. The molecule has 0 aromatic heterocycles. The quantitative estimate of drug-likeness (QED) is 0.574. The minimum atomic E-state index is -4.07. The first kappa shape index (κ1) is 23.5. The van der Waals surface area contributed by atoms with Gasteiger partial charge in [0.05, 0.1) is 11.0 Å². The molecule has 0 fully saturated rings. The van der Waals surface area contributed by atoms with Crippen LogP contribution in [0.1, 0.15) is 18.1 Å². The van der Waals surface area contributed by atoms with Crippen LogP contribution in [0.15, 0.2) is 59.5 Å². The number of rotatable bonds is 9. The molecule has 0 aliphatic rings. The molecule has 2 N–H and O–H groups in total. The van der Waals surface area contributed by atoms with E-state index in [1.54, 1.807) is 19.2 Å². The number of carbonyl (C=O) groups is 2. The first-order valence-corrected chi connectivity index (χ1v) is 10.8. The fourth-order valence-electron chi connectivity index (χ4n) is 2.57. The van der Waals surface area contributed by atoms with Crippen LogP contribution in [0.5, 0.6) is 0 Å². The highest BCUT2D eigenvalue weighted by molar-refractivity contribution is 7.89. The molecule has 1 amide bonds. The van der Waals surface area contributed by atoms with Crippen LogP contribution < -0.4 is 4.72 Å². The normalized spacial score (nSPS) is 13.3. The van der Waals surface area contributed by atoms with Crippen molar-refractivity contribution in [1.82, 2.24) is 9.62 Å². The van der Waals surface area contributed by atoms with Gasteiger partial charge in [0.25, 0.3) is 5.91 Å². The fourth-order valence-corrected chi connectivity index (χ4v) is 3.83. The minimum absolute atomic E-state index is 0.0507. The van der Waals surface area contributed by atoms with E-state index in [4.69, 9.17) is 4.74 Å². The summed E-state index contributed by atoms with van der Waals surface area (Å²) in [4.78, 5) is 25.9. The van der Waals surface area contributed by atoms with Crippen molar-refractivity contribution in [3.8, 4) is 0 Å². The number of aryl methyl sites for hydroxylation is 1. The summed E-state index contributed by atoms with van der Waals surface area (Å²) >= 11 is 0. The first-order chi connectivity index (χ1) is 14.1. The third-order valence-electron chi connectivity index (χ3n) is 4.38. The second-order valence-electron chi connectivity index (χ2n) is 7.00. The molecule has 2 aromatic rings. The van der Waals surface area contributed by atoms with Crippen LogP contribution in [0.3, 0.4) is 0 Å². The van der Waals surface area contributed by atoms with Gasteiger partial charge in [0, 0.05) is 13.6 Å². The number of aliphatic hydroxyl groups excluding tert-OH is 1. The molecule has 0 radical (unpaired) electrons. The molecule has 0 spiro atoms. The molecule has 0 unspecified atom stereocenters. The van der Waals surface area contributed by atoms with Gasteiger partial charge in [-0.3, -0.25) is 9.59 Å². The number of ether oxygens (including phenoxy) is 1. The number of nitrogens with one attached hydrogen (secondary N) is 1. The molecule has 2 atom stereocenters. The van der Waals surface area contributed by atoms with Crippen LogP contribution in [-0.2, 0) is 30.9 Å². The average Bonchev–Trinajstić information content (AvgIpc) is 2.70. The Morgan fingerprint density at radius 2 is 1.70 bits per heavy atom. The smallest absolute Gasteiger partial charge is 0.327 e. The summed E-state index contributed by atoms with van der Waals surface area (Å²) in [6.45, 7) is 2.83. The Bertz CT molecular complexity index is 959. The highest BCUT2D eigenvalue weighted by atomic mass is 32.2. The Kier molecular flexibility index (Phi) is 8.10. The Morgan fingerprint density at radius 3 is 2.27 bits per heavy atom. The SMILES string of the molecule is Cc1ccc(S(=O)(=O)N[C@@H](C(=O)OCC(=O)N(C)Cc2ccccc2)[C@H](C)O)cc1. The number of hydrogen-bond acceptors (Lipinski definition) is 6. The van der Waals surface area contributed by atoms with Crippen molar-refractivity contribution in [3.63, 3.8) is 0 Å². The highest BCUT2D eigenvalue weighted by Gasteiger charge is 2.31. The van der Waals surface area contributed by atoms with Crippen molar-refractivity contribution < 1.29 is 27.9 Å². The molecule has 0 heterocycles. The standard InChI is InChI=1S/C21H26N2O6S/c1-15-9-11-18(12-10-15)30(27,28)22-20(16(2)24)21(26)29-14-19(25)23(3)13-17-7-5-4-6-8-17/h4-12,16,20,22,24H,13-14H2,1-3H3/t16-,20+/m0/s1. The second-order valence-corrected chi connectivity index (χ2v) is 8.71. The van der Waals surface area contributed by atoms with E-state index in [0.717, 1.165) is 11.1 Å². The molecular formula is C21H26N2O6S. The predicted molar refractivity (Wildman–Crippen MR) is 111 cm³/mol. The van der Waals surface area contributed by atoms with E-state index in [-0.39, 0.29) is 4.90 Å². The maximum absolute atomic E-state index is 12.5. The van der Waals surface area contributed by atoms with Crippen LogP contribution in [0.2, 0.25) is 0 Å². The maximum atomic E-state index is 12.5. The Morgan fingerprint density at radius 1 is 1.10 bits per heavy atom. The number of nitrogens with zero attached hydrogens (tertiary/aromatic N) is 1. The molecule has 9 heteroatoms. The summed E-state index contributed by atoms with van der Waals surface area (Å²) in [5.74, 6) is -1.50. The van der Waals surface area contributed by atoms with Gasteiger partial charge in [0.1, 0.15) is 6.04 Å². The third kappa shape index (κ3) is 6.65. The largest absolute Gasteiger partial charge is 0.454 e. The van der Waals surface area contributed by atoms with Crippen molar-refractivity contribution in [1.29, 1.82) is 0 Å². The first-order valence-electron chi connectivity index (χ1n) is 9.32. The van der Waals surface area contributed by atoms with Crippen LogP contribution in [-0.4, -0.2) is 56.1 Å². The molecule has 0 aliphatic heterocycles. The van der Waals surface area contributed by atoms with E-state index in [1.165, 1.54) is 24.0 Å². The topological polar surface area (TPSA) is 113 Å². The van der Waals surface area contributed by atoms with E-state index in [2.05, 4.69) is 4.72 Å². The van der Waals surface area contributed by atoms with Crippen molar-refractivity contribution in [2.24, 2.45) is 0 Å². The number of hydrogen-bond donors (Lipinski definition) is 2. The number of likely N-dealkylation sites (N-methyl/N-ethyl adjacent to an activating group) is 1. The van der Waals surface area contributed by atoms with Crippen LogP contribution in [0, 0.1) is 6.92 Å². The molecule has 0 bridgehead atoms. The molecule has 2 rings (SSSR count). The molecule has 0 saturated heterocycles. The van der Waals surface area contributed by atoms with Gasteiger partial charge < -0.3 is 14.7 Å². The van der Waals surface area contributed by atoms with Gasteiger partial charge in [-0.25, -0.2) is 8.42 Å². The number of aliphatic hydroxyl groups is 1. The average molecular weight is 435 g/mol. The number of carbonyl (C=O) groups excluding carboxylic acids is 2. The number of benzene rings is 2. The highest BCUT2D eigenvalue weighted by Crippen LogP contribution is 2.12. The van der Waals surface area contributed by atoms with E-state index in [1.807, 2.05) is 37.3 Å². The molecule has 8 nitrogen and oxygen atoms in total. The van der Waals surface area contributed by atoms with Crippen molar-refractivity contribution in [2.45, 2.75) is 37.4 Å². The predicted octanol–water partition coefficient (Wildman–Crippen LogP) is 1.22. The molecule has 30 heavy (non-hydrogen) atoms. The second kappa shape index (κ2) is 10.3. The van der Waals surface area contributed by atoms with Crippen molar-refractivity contribution >= 4 is 21.9 Å². The van der Waals surface area contributed by atoms with E-state index in [9.17, 15) is 23.1 Å². The molecule has 0 aliphatic carbocycles. The molecular weight excluding hydrogens is 408 g/mol. The zero-order valence-electron chi connectivity index (χ0n) is 17.1. The Balaban J connectivity index is 1.98. The lowest BCUT2D eigenvalue weighted by molar-refractivity contribution is -0.155. The summed E-state index contributed by atoms with van der Waals surface area (Å²) in [6.07, 6.45) is -1.37. The lowest BCUT2D eigenvalue weighted by Gasteiger charge is -2.21. The molecule has 2 aromatic carbocycles. The maximum Gasteiger partial charge on any atom is 0.327 e. The van der Waals surface area contributed by atoms with Crippen LogP contribution in [0.25, 0.3) is 0 Å². The molecule has 0 saturated carbocycles. The zero-order valence-corrected chi connectivity index (χ0v) is 17.9. The lowest BCUT2D eigenvalue weighted by Crippen LogP contribution is -2.49. The van der Waals surface area contributed by atoms with Gasteiger partial charge in [0.15, 0.2) is 6.61 Å². The van der Waals surface area contributed by atoms with Gasteiger partial charge >= 0.3 is 5.97 Å². The minimum Gasteiger partial charge on any atom is -0.454 e. The van der Waals surface area contributed by atoms with Gasteiger partial charge in [-0.2, -0.15) is 4.72 Å². The van der Waals surface area contributed by atoms with Gasteiger partial charge in [-0.15, -0.1) is 0 Å². The summed E-state index contributed by atoms with van der Waals surface area (Å²) in [5, 5.41) is 9.88. The summed E-state index contributed by atoms with van der Waals surface area (Å²) in [5.41, 5.74) is 1.78. The number of amides is 1.